The van der Waals surface area contributed by atoms with E-state index in [1.807, 2.05) is 13.8 Å². The number of anilines is 1. The fraction of sp³-hybridized carbons (Fsp3) is 0.357. The number of nitrogens with two attached hydrogens (primary N) is 1. The van der Waals surface area contributed by atoms with Crippen LogP contribution in [0.2, 0.25) is 0 Å². The van der Waals surface area contributed by atoms with E-state index in [0.29, 0.717) is 11.3 Å². The van der Waals surface area contributed by atoms with Gasteiger partial charge in [-0.05, 0) is 51.0 Å². The van der Waals surface area contributed by atoms with E-state index in [9.17, 15) is 8.42 Å². The summed E-state index contributed by atoms with van der Waals surface area (Å²) in [6.07, 6.45) is 1.74. The fourth-order valence-corrected chi connectivity index (χ4v) is 4.46. The van der Waals surface area contributed by atoms with Crippen LogP contribution < -0.4 is 10.5 Å². The van der Waals surface area contributed by atoms with Crippen LogP contribution in [-0.4, -0.2) is 13.4 Å². The van der Waals surface area contributed by atoms with Gasteiger partial charge in [-0.2, -0.15) is 0 Å². The quantitative estimate of drug-likeness (QED) is 0.846. The first kappa shape index (κ1) is 15.9. The molecule has 0 fully saturated rings. The van der Waals surface area contributed by atoms with E-state index in [-0.39, 0.29) is 10.9 Å². The smallest absolute Gasteiger partial charge is 0.241 e. The Labute approximate surface area is 129 Å². The Morgan fingerprint density at radius 3 is 2.52 bits per heavy atom. The molecule has 0 saturated carbocycles. The van der Waals surface area contributed by atoms with Crippen molar-refractivity contribution in [3.8, 4) is 0 Å². The van der Waals surface area contributed by atoms with Crippen LogP contribution >= 0.6 is 11.3 Å². The van der Waals surface area contributed by atoms with Gasteiger partial charge in [-0.3, -0.25) is 0 Å². The molecule has 0 bridgehead atoms. The number of rotatable bonds is 4. The van der Waals surface area contributed by atoms with E-state index in [1.54, 1.807) is 26.1 Å². The van der Waals surface area contributed by atoms with Crippen molar-refractivity contribution in [3.05, 3.63) is 39.3 Å². The van der Waals surface area contributed by atoms with Crippen LogP contribution in [0.15, 0.2) is 23.2 Å². The highest BCUT2D eigenvalue weighted by Crippen LogP contribution is 2.25. The van der Waals surface area contributed by atoms with Crippen molar-refractivity contribution < 1.29 is 8.42 Å². The van der Waals surface area contributed by atoms with Crippen LogP contribution in [0.1, 0.15) is 34.0 Å². The summed E-state index contributed by atoms with van der Waals surface area (Å²) in [6, 6.07) is 2.88. The molecular weight excluding hydrogens is 306 g/mol. The molecule has 0 amide bonds. The molecule has 2 aromatic rings. The number of sulfonamides is 1. The minimum Gasteiger partial charge on any atom is -0.399 e. The van der Waals surface area contributed by atoms with Crippen LogP contribution in [0.5, 0.6) is 0 Å². The third kappa shape index (κ3) is 3.42. The normalized spacial score (nSPS) is 13.3. The number of hydrogen-bond acceptors (Lipinski definition) is 5. The van der Waals surface area contributed by atoms with E-state index in [0.717, 1.165) is 15.4 Å². The second-order valence-electron chi connectivity index (χ2n) is 5.11. The fourth-order valence-electron chi connectivity index (χ4n) is 2.05. The van der Waals surface area contributed by atoms with Gasteiger partial charge < -0.3 is 5.73 Å². The van der Waals surface area contributed by atoms with Crippen molar-refractivity contribution in [2.75, 3.05) is 5.73 Å². The Morgan fingerprint density at radius 2 is 1.95 bits per heavy atom. The molecule has 2 rings (SSSR count). The molecule has 0 aliphatic rings. The average Bonchev–Trinajstić information content (AvgIpc) is 2.80. The van der Waals surface area contributed by atoms with Gasteiger partial charge >= 0.3 is 0 Å². The summed E-state index contributed by atoms with van der Waals surface area (Å²) in [5.74, 6) is 0. The zero-order valence-corrected chi connectivity index (χ0v) is 14.1. The number of thiazole rings is 1. The Morgan fingerprint density at radius 1 is 1.29 bits per heavy atom. The van der Waals surface area contributed by atoms with E-state index < -0.39 is 10.0 Å². The van der Waals surface area contributed by atoms with E-state index in [4.69, 9.17) is 5.73 Å². The summed E-state index contributed by atoms with van der Waals surface area (Å²) >= 11 is 1.48. The van der Waals surface area contributed by atoms with Gasteiger partial charge in [-0.15, -0.1) is 11.3 Å². The number of benzene rings is 1. The first-order valence-electron chi connectivity index (χ1n) is 6.52. The lowest BCUT2D eigenvalue weighted by atomic mass is 10.1. The van der Waals surface area contributed by atoms with Crippen molar-refractivity contribution in [2.45, 2.75) is 38.6 Å². The van der Waals surface area contributed by atoms with Crippen LogP contribution in [-0.2, 0) is 10.0 Å². The molecule has 5 nitrogen and oxygen atoms in total. The molecule has 0 spiro atoms. The predicted molar refractivity (Wildman–Crippen MR) is 85.9 cm³/mol. The molecule has 7 heteroatoms. The minimum atomic E-state index is -3.64. The topological polar surface area (TPSA) is 85.1 Å². The molecule has 1 aromatic carbocycles. The molecule has 0 radical (unpaired) electrons. The van der Waals surface area contributed by atoms with Crippen molar-refractivity contribution in [2.24, 2.45) is 0 Å². The van der Waals surface area contributed by atoms with Gasteiger partial charge in [0.2, 0.25) is 10.0 Å². The SMILES string of the molecule is Cc1cnc(C(C)NS(=O)(=O)c2cc(N)cc(C)c2C)s1. The van der Waals surface area contributed by atoms with Gasteiger partial charge in [-0.25, -0.2) is 18.1 Å². The molecule has 0 saturated heterocycles. The number of nitrogens with zero attached hydrogens (tertiary/aromatic N) is 1. The Hall–Kier alpha value is -1.44. The standard InChI is InChI=1S/C14H19N3O2S2/c1-8-5-12(15)6-13(10(8)3)21(18,19)17-11(4)14-16-7-9(2)20-14/h5-7,11,17H,15H2,1-4H3. The molecule has 1 aromatic heterocycles. The van der Waals surface area contributed by atoms with Gasteiger partial charge in [0.15, 0.2) is 0 Å². The number of aryl methyl sites for hydroxylation is 2. The minimum absolute atomic E-state index is 0.222. The largest absolute Gasteiger partial charge is 0.399 e. The lowest BCUT2D eigenvalue weighted by Crippen LogP contribution is -2.27. The summed E-state index contributed by atoms with van der Waals surface area (Å²) < 4.78 is 27.8. The third-order valence-corrected chi connectivity index (χ3v) is 6.04. The summed E-state index contributed by atoms with van der Waals surface area (Å²) in [5, 5.41) is 0.745. The van der Waals surface area contributed by atoms with Gasteiger partial charge in [0.1, 0.15) is 5.01 Å². The lowest BCUT2D eigenvalue weighted by Gasteiger charge is -2.15. The molecule has 114 valence electrons. The first-order valence-corrected chi connectivity index (χ1v) is 8.82. The molecule has 1 heterocycles. The number of nitrogen functional groups attached to an aromatic ring is 1. The maximum absolute atomic E-state index is 12.6. The third-order valence-electron chi connectivity index (χ3n) is 3.27. The van der Waals surface area contributed by atoms with Gasteiger partial charge in [0.05, 0.1) is 10.9 Å². The van der Waals surface area contributed by atoms with Gasteiger partial charge in [-0.1, -0.05) is 0 Å². The second-order valence-corrected chi connectivity index (χ2v) is 8.06. The number of hydrogen-bond donors (Lipinski definition) is 2. The average molecular weight is 325 g/mol. The van der Waals surface area contributed by atoms with Crippen LogP contribution in [0.4, 0.5) is 5.69 Å². The monoisotopic (exact) mass is 325 g/mol. The highest BCUT2D eigenvalue weighted by Gasteiger charge is 2.23. The lowest BCUT2D eigenvalue weighted by molar-refractivity contribution is 0.565. The molecule has 1 atom stereocenters. The Bertz CT molecular complexity index is 767. The molecule has 0 aliphatic heterocycles. The maximum atomic E-state index is 12.6. The molecular formula is C14H19N3O2S2. The van der Waals surface area contributed by atoms with Crippen LogP contribution in [0, 0.1) is 20.8 Å². The molecule has 3 N–H and O–H groups in total. The first-order chi connectivity index (χ1) is 9.70. The van der Waals surface area contributed by atoms with Crippen molar-refractivity contribution in [3.63, 3.8) is 0 Å². The summed E-state index contributed by atoms with van der Waals surface area (Å²) in [5.41, 5.74) is 7.77. The Kier molecular flexibility index (Phi) is 4.36. The van der Waals surface area contributed by atoms with Gasteiger partial charge in [0, 0.05) is 16.8 Å². The van der Waals surface area contributed by atoms with Crippen molar-refractivity contribution >= 4 is 27.0 Å². The van der Waals surface area contributed by atoms with E-state index >= 15 is 0 Å². The zero-order valence-electron chi connectivity index (χ0n) is 12.5. The molecule has 1 unspecified atom stereocenters. The molecule has 0 aliphatic carbocycles. The maximum Gasteiger partial charge on any atom is 0.241 e. The van der Waals surface area contributed by atoms with Crippen molar-refractivity contribution in [1.29, 1.82) is 0 Å². The predicted octanol–water partition coefficient (Wildman–Crippen LogP) is 2.69. The zero-order chi connectivity index (χ0) is 15.8. The summed E-state index contributed by atoms with van der Waals surface area (Å²) in [6.45, 7) is 7.35. The van der Waals surface area contributed by atoms with Crippen LogP contribution in [0.25, 0.3) is 0 Å². The summed E-state index contributed by atoms with van der Waals surface area (Å²) in [7, 11) is -3.64. The van der Waals surface area contributed by atoms with E-state index in [1.165, 1.54) is 17.4 Å². The Balaban J connectivity index is 2.35. The highest BCUT2D eigenvalue weighted by molar-refractivity contribution is 7.89. The highest BCUT2D eigenvalue weighted by atomic mass is 32.2. The number of nitrogens with one attached hydrogen (secondary N) is 1. The van der Waals surface area contributed by atoms with Gasteiger partial charge in [0.25, 0.3) is 0 Å². The second kappa shape index (κ2) is 5.75. The molecule has 21 heavy (non-hydrogen) atoms. The van der Waals surface area contributed by atoms with Crippen LogP contribution in [0.3, 0.4) is 0 Å². The summed E-state index contributed by atoms with van der Waals surface area (Å²) in [4.78, 5) is 5.49. The number of aromatic nitrogens is 1. The van der Waals surface area contributed by atoms with Crippen molar-refractivity contribution in [1.82, 2.24) is 9.71 Å². The van der Waals surface area contributed by atoms with E-state index in [2.05, 4.69) is 9.71 Å².